The van der Waals surface area contributed by atoms with Crippen molar-refractivity contribution in [3.8, 4) is 0 Å². The molecule has 176 valence electrons. The van der Waals surface area contributed by atoms with Crippen LogP contribution in [0.1, 0.15) is 89.7 Å². The van der Waals surface area contributed by atoms with Gasteiger partial charge in [0.25, 0.3) is 0 Å². The zero-order valence-corrected chi connectivity index (χ0v) is 17.9. The number of hydrogen-bond acceptors (Lipinski definition) is 4. The third-order valence-corrected chi connectivity index (χ3v) is 4.73. The lowest BCUT2D eigenvalue weighted by Crippen LogP contribution is -2.15. The average Bonchev–Trinajstić information content (AvgIpc) is 2.72. The van der Waals surface area contributed by atoms with E-state index in [9.17, 15) is 31.5 Å². The molecule has 0 saturated heterocycles. The molecule has 0 spiro atoms. The van der Waals surface area contributed by atoms with Crippen molar-refractivity contribution in [3.63, 3.8) is 0 Å². The van der Waals surface area contributed by atoms with E-state index >= 15 is 0 Å². The molecule has 1 rings (SSSR count). The van der Waals surface area contributed by atoms with E-state index in [2.05, 4.69) is 6.92 Å². The van der Waals surface area contributed by atoms with Crippen molar-refractivity contribution < 1.29 is 41.0 Å². The Labute approximate surface area is 179 Å². The van der Waals surface area contributed by atoms with Gasteiger partial charge in [0.15, 0.2) is 23.3 Å². The summed E-state index contributed by atoms with van der Waals surface area (Å²) >= 11 is 0. The molecule has 1 aromatic carbocycles. The predicted octanol–water partition coefficient (Wildman–Crippen LogP) is 6.45. The lowest BCUT2D eigenvalue weighted by Gasteiger charge is -2.16. The smallest absolute Gasteiger partial charge is 0.306 e. The molecule has 0 radical (unpaired) electrons. The second kappa shape index (κ2) is 14.0. The van der Waals surface area contributed by atoms with E-state index in [1.807, 2.05) is 0 Å². The van der Waals surface area contributed by atoms with E-state index in [-0.39, 0.29) is 19.3 Å². The molecule has 0 aromatic heterocycles. The molecule has 0 fully saturated rings. The molecule has 1 aromatic rings. The second-order valence-corrected chi connectivity index (χ2v) is 7.31. The number of unbranched alkanes of at least 4 members (excludes halogenated alkanes) is 6. The Kier molecular flexibility index (Phi) is 12.1. The largest absolute Gasteiger partial charge is 0.466 e. The molecule has 0 aliphatic rings. The van der Waals surface area contributed by atoms with Crippen LogP contribution in [0.15, 0.2) is 0 Å². The number of rotatable bonds is 14. The molecule has 0 aliphatic carbocycles. The Morgan fingerprint density at radius 1 is 0.710 bits per heavy atom. The summed E-state index contributed by atoms with van der Waals surface area (Å²) in [6.45, 7) is 3.44. The summed E-state index contributed by atoms with van der Waals surface area (Å²) in [7, 11) is 0. The Morgan fingerprint density at radius 3 is 1.77 bits per heavy atom. The summed E-state index contributed by atoms with van der Waals surface area (Å²) < 4.78 is 76.9. The Balaban J connectivity index is 2.31. The number of carbonyl (C=O) groups excluding carboxylic acids is 2. The maximum atomic E-state index is 13.7. The third kappa shape index (κ3) is 8.83. The molecular formula is C22H29F5O4. The van der Waals surface area contributed by atoms with Gasteiger partial charge >= 0.3 is 11.9 Å². The molecular weight excluding hydrogens is 423 g/mol. The summed E-state index contributed by atoms with van der Waals surface area (Å²) in [5.41, 5.74) is -1.22. The van der Waals surface area contributed by atoms with Crippen molar-refractivity contribution in [1.82, 2.24) is 0 Å². The Morgan fingerprint density at radius 2 is 1.19 bits per heavy atom. The van der Waals surface area contributed by atoms with Crippen LogP contribution >= 0.6 is 0 Å². The highest BCUT2D eigenvalue weighted by Crippen LogP contribution is 2.29. The SMILES string of the molecule is CCCCCCCCCOC(=O)CCCC(=O)OC(C)c1c(F)c(F)c(F)c(F)c1F. The summed E-state index contributed by atoms with van der Waals surface area (Å²) in [6, 6.07) is 0. The summed E-state index contributed by atoms with van der Waals surface area (Å²) in [6.07, 6.45) is 5.64. The first-order valence-electron chi connectivity index (χ1n) is 10.6. The van der Waals surface area contributed by atoms with Gasteiger partial charge in [0.2, 0.25) is 5.82 Å². The fourth-order valence-corrected chi connectivity index (χ4v) is 2.99. The molecule has 1 unspecified atom stereocenters. The molecule has 4 nitrogen and oxygen atoms in total. The highest BCUT2D eigenvalue weighted by molar-refractivity contribution is 5.72. The zero-order valence-electron chi connectivity index (χ0n) is 17.9. The van der Waals surface area contributed by atoms with Gasteiger partial charge in [-0.15, -0.1) is 0 Å². The predicted molar refractivity (Wildman–Crippen MR) is 104 cm³/mol. The normalized spacial score (nSPS) is 12.0. The van der Waals surface area contributed by atoms with Crippen LogP contribution in [0.4, 0.5) is 22.0 Å². The van der Waals surface area contributed by atoms with Crippen molar-refractivity contribution in [2.45, 2.75) is 84.2 Å². The minimum Gasteiger partial charge on any atom is -0.466 e. The molecule has 0 aliphatic heterocycles. The molecule has 0 saturated carbocycles. The van der Waals surface area contributed by atoms with Gasteiger partial charge in [0.1, 0.15) is 6.10 Å². The van der Waals surface area contributed by atoms with E-state index < -0.39 is 52.7 Å². The van der Waals surface area contributed by atoms with Gasteiger partial charge in [-0.25, -0.2) is 22.0 Å². The number of ether oxygens (including phenoxy) is 2. The van der Waals surface area contributed by atoms with Crippen LogP contribution < -0.4 is 0 Å². The van der Waals surface area contributed by atoms with Crippen LogP contribution in [0.5, 0.6) is 0 Å². The van der Waals surface area contributed by atoms with Gasteiger partial charge in [-0.05, 0) is 19.8 Å². The van der Waals surface area contributed by atoms with Crippen molar-refractivity contribution >= 4 is 11.9 Å². The fraction of sp³-hybridized carbons (Fsp3) is 0.636. The average molecular weight is 452 g/mol. The van der Waals surface area contributed by atoms with Gasteiger partial charge in [-0.2, -0.15) is 0 Å². The number of halogens is 5. The maximum absolute atomic E-state index is 13.7. The van der Waals surface area contributed by atoms with Crippen molar-refractivity contribution in [1.29, 1.82) is 0 Å². The second-order valence-electron chi connectivity index (χ2n) is 7.31. The fourth-order valence-electron chi connectivity index (χ4n) is 2.99. The molecule has 0 N–H and O–H groups in total. The highest BCUT2D eigenvalue weighted by Gasteiger charge is 2.30. The molecule has 0 heterocycles. The topological polar surface area (TPSA) is 52.6 Å². The van der Waals surface area contributed by atoms with Crippen LogP contribution in [0.2, 0.25) is 0 Å². The number of carbonyl (C=O) groups is 2. The van der Waals surface area contributed by atoms with E-state index in [0.29, 0.717) is 6.61 Å². The third-order valence-electron chi connectivity index (χ3n) is 4.73. The Hall–Kier alpha value is -2.19. The first-order valence-corrected chi connectivity index (χ1v) is 10.6. The van der Waals surface area contributed by atoms with Crippen molar-refractivity contribution in [2.24, 2.45) is 0 Å². The van der Waals surface area contributed by atoms with Crippen molar-refractivity contribution in [3.05, 3.63) is 34.6 Å². The Bertz CT molecular complexity index is 710. The first-order chi connectivity index (χ1) is 14.7. The quantitative estimate of drug-likeness (QED) is 0.107. The standard InChI is InChI=1S/C22H29F5O4/c1-3-4-5-6-7-8-9-13-30-15(28)11-10-12-16(29)31-14(2)17-18(23)20(25)22(27)21(26)19(17)24/h14H,3-13H2,1-2H3. The number of benzene rings is 1. The van der Waals surface area contributed by atoms with Gasteiger partial charge in [0.05, 0.1) is 12.2 Å². The number of hydrogen-bond donors (Lipinski definition) is 0. The van der Waals surface area contributed by atoms with Crippen LogP contribution in [0.3, 0.4) is 0 Å². The lowest BCUT2D eigenvalue weighted by molar-refractivity contribution is -0.149. The van der Waals surface area contributed by atoms with Crippen molar-refractivity contribution in [2.75, 3.05) is 6.61 Å². The van der Waals surface area contributed by atoms with Gasteiger partial charge in [-0.3, -0.25) is 9.59 Å². The minimum atomic E-state index is -2.28. The molecule has 0 bridgehead atoms. The molecule has 9 heteroatoms. The molecule has 0 amide bonds. The highest BCUT2D eigenvalue weighted by atomic mass is 19.2. The number of esters is 2. The van der Waals surface area contributed by atoms with Crippen LogP contribution in [0, 0.1) is 29.1 Å². The van der Waals surface area contributed by atoms with E-state index in [4.69, 9.17) is 9.47 Å². The summed E-state index contributed by atoms with van der Waals surface area (Å²) in [4.78, 5) is 23.4. The monoisotopic (exact) mass is 452 g/mol. The van der Waals surface area contributed by atoms with Gasteiger partial charge < -0.3 is 9.47 Å². The lowest BCUT2D eigenvalue weighted by atomic mass is 10.1. The van der Waals surface area contributed by atoms with E-state index in [1.165, 1.54) is 19.3 Å². The minimum absolute atomic E-state index is 0.0531. The van der Waals surface area contributed by atoms with Gasteiger partial charge in [0, 0.05) is 12.8 Å². The van der Waals surface area contributed by atoms with Crippen LogP contribution in [-0.2, 0) is 19.1 Å². The maximum Gasteiger partial charge on any atom is 0.306 e. The van der Waals surface area contributed by atoms with Crippen LogP contribution in [0.25, 0.3) is 0 Å². The summed E-state index contributed by atoms with van der Waals surface area (Å²) in [5, 5.41) is 0. The van der Waals surface area contributed by atoms with E-state index in [0.717, 1.165) is 32.6 Å². The molecule has 31 heavy (non-hydrogen) atoms. The van der Waals surface area contributed by atoms with Gasteiger partial charge in [-0.1, -0.05) is 45.4 Å². The summed E-state index contributed by atoms with van der Waals surface area (Å²) in [5.74, 6) is -12.0. The zero-order chi connectivity index (χ0) is 23.4. The van der Waals surface area contributed by atoms with E-state index in [1.54, 1.807) is 0 Å². The van der Waals surface area contributed by atoms with Crippen LogP contribution in [-0.4, -0.2) is 18.5 Å². The molecule has 1 atom stereocenters. The first kappa shape index (κ1) is 26.8.